The van der Waals surface area contributed by atoms with Gasteiger partial charge in [-0.25, -0.2) is 0 Å². The van der Waals surface area contributed by atoms with E-state index >= 15 is 0 Å². The van der Waals surface area contributed by atoms with Crippen LogP contribution in [-0.2, 0) is 6.54 Å². The number of nitrogens with two attached hydrogens (primary N) is 1. The smallest absolute Gasteiger partial charge is 1.00 e. The second-order valence-corrected chi connectivity index (χ2v) is 2.20. The van der Waals surface area contributed by atoms with E-state index < -0.39 is 0 Å². The van der Waals surface area contributed by atoms with Gasteiger partial charge in [-0.15, -0.1) is 0 Å². The van der Waals surface area contributed by atoms with Gasteiger partial charge >= 0.3 is 23.1 Å². The Morgan fingerprint density at radius 3 is 2.40 bits per heavy atom. The van der Waals surface area contributed by atoms with Crippen molar-refractivity contribution in [3.63, 3.8) is 0 Å². The van der Waals surface area contributed by atoms with Gasteiger partial charge in [-0.2, -0.15) is 0 Å². The summed E-state index contributed by atoms with van der Waals surface area (Å²) >= 11 is 5.74. The van der Waals surface area contributed by atoms with Crippen molar-refractivity contribution in [2.24, 2.45) is 5.73 Å². The molecule has 1 nitrogen and oxygen atoms in total. The Labute approximate surface area is 84.7 Å². The summed E-state index contributed by atoms with van der Waals surface area (Å²) in [7, 11) is 0. The van der Waals surface area contributed by atoms with E-state index in [-0.39, 0.29) is 25.9 Å². The Bertz CT molecular complexity index is 210. The largest absolute Gasteiger partial charge is 2.00 e. The molecule has 2 N–H and O–H groups in total. The number of hydrogen-bond donors (Lipinski definition) is 1. The number of hydrogen-bond acceptors (Lipinski definition) is 1. The van der Waals surface area contributed by atoms with Gasteiger partial charge in [0.2, 0.25) is 0 Å². The maximum atomic E-state index is 5.74. The Morgan fingerprint density at radius 1 is 1.40 bits per heavy atom. The third-order valence-electron chi connectivity index (χ3n) is 1.18. The third-order valence-corrected chi connectivity index (χ3v) is 1.55. The van der Waals surface area contributed by atoms with Crippen molar-refractivity contribution in [2.75, 3.05) is 0 Å². The van der Waals surface area contributed by atoms with Crippen LogP contribution in [0.3, 0.4) is 0 Å². The normalized spacial score (nSPS) is 8.60. The second-order valence-electron chi connectivity index (χ2n) is 1.80. The first-order chi connectivity index (χ1) is 4.34. The molecule has 0 amide bonds. The van der Waals surface area contributed by atoms with E-state index in [0.29, 0.717) is 6.54 Å². The van der Waals surface area contributed by atoms with Crippen LogP contribution in [0.1, 0.15) is 8.42 Å². The summed E-state index contributed by atoms with van der Waals surface area (Å²) in [5, 5.41) is 0.750. The predicted octanol–water partition coefficient (Wildman–Crippen LogP) is 1.64. The molecule has 0 bridgehead atoms. The van der Waals surface area contributed by atoms with Crippen molar-refractivity contribution in [2.45, 2.75) is 6.54 Å². The summed E-state index contributed by atoms with van der Waals surface area (Å²) in [6.45, 7) is 0.514. The third kappa shape index (κ3) is 2.46. The maximum Gasteiger partial charge on any atom is 2.00 e. The first-order valence-corrected chi connectivity index (χ1v) is 3.16. The van der Waals surface area contributed by atoms with Crippen molar-refractivity contribution in [3.8, 4) is 0 Å². The van der Waals surface area contributed by atoms with Crippen molar-refractivity contribution < 1.29 is 2.85 Å². The van der Waals surface area contributed by atoms with Gasteiger partial charge in [0.1, 0.15) is 0 Å². The minimum Gasteiger partial charge on any atom is -1.00 e. The molecule has 0 spiro atoms. The number of benzene rings is 1. The van der Waals surface area contributed by atoms with Gasteiger partial charge < -0.3 is 8.59 Å². The molecule has 0 aliphatic heterocycles. The molecule has 0 aliphatic rings. The molecular formula is C7H10ClMgN. The first-order valence-electron chi connectivity index (χ1n) is 2.78. The van der Waals surface area contributed by atoms with Crippen LogP contribution in [0.4, 0.5) is 0 Å². The zero-order valence-electron chi connectivity index (χ0n) is 7.68. The molecule has 1 aromatic rings. The molecule has 0 fully saturated rings. The van der Waals surface area contributed by atoms with Crippen LogP contribution in [0.2, 0.25) is 5.02 Å². The van der Waals surface area contributed by atoms with Crippen LogP contribution < -0.4 is 5.73 Å². The zero-order chi connectivity index (χ0) is 6.69. The summed E-state index contributed by atoms with van der Waals surface area (Å²) in [6, 6.07) is 7.57. The molecule has 10 heavy (non-hydrogen) atoms. The Balaban J connectivity index is -0.000000270. The standard InChI is InChI=1S/C7H8ClN.Mg.2H/c8-7-4-2-1-3-6(7)5-9;;;/h1-4H,5,9H2;;;/q;+2;2*-1. The van der Waals surface area contributed by atoms with Gasteiger partial charge in [-0.3, -0.25) is 0 Å². The van der Waals surface area contributed by atoms with E-state index in [1.807, 2.05) is 24.3 Å². The van der Waals surface area contributed by atoms with Crippen LogP contribution in [0.5, 0.6) is 0 Å². The summed E-state index contributed by atoms with van der Waals surface area (Å²) in [5.74, 6) is 0. The molecular weight excluding hydrogens is 158 g/mol. The van der Waals surface area contributed by atoms with E-state index in [1.165, 1.54) is 0 Å². The molecule has 3 heteroatoms. The van der Waals surface area contributed by atoms with Crippen LogP contribution in [0.15, 0.2) is 24.3 Å². The van der Waals surface area contributed by atoms with Crippen LogP contribution >= 0.6 is 11.6 Å². The van der Waals surface area contributed by atoms with E-state index in [2.05, 4.69) is 0 Å². The zero-order valence-corrected chi connectivity index (χ0v) is 7.85. The van der Waals surface area contributed by atoms with Crippen molar-refractivity contribution in [1.82, 2.24) is 0 Å². The van der Waals surface area contributed by atoms with Gasteiger partial charge in [0, 0.05) is 11.6 Å². The molecule has 52 valence electrons. The molecule has 0 heterocycles. The molecule has 0 saturated carbocycles. The minimum atomic E-state index is 0. The molecule has 0 saturated heterocycles. The van der Waals surface area contributed by atoms with E-state index in [4.69, 9.17) is 17.3 Å². The number of rotatable bonds is 1. The van der Waals surface area contributed by atoms with Crippen molar-refractivity contribution in [3.05, 3.63) is 34.9 Å². The molecule has 1 aromatic carbocycles. The average molecular weight is 168 g/mol. The monoisotopic (exact) mass is 167 g/mol. The topological polar surface area (TPSA) is 26.0 Å². The molecule has 0 unspecified atom stereocenters. The van der Waals surface area contributed by atoms with Gasteiger partial charge in [-0.05, 0) is 11.6 Å². The van der Waals surface area contributed by atoms with Crippen LogP contribution in [0.25, 0.3) is 0 Å². The van der Waals surface area contributed by atoms with Crippen LogP contribution in [-0.4, -0.2) is 23.1 Å². The fourth-order valence-electron chi connectivity index (χ4n) is 0.664. The molecule has 0 aliphatic carbocycles. The van der Waals surface area contributed by atoms with Crippen molar-refractivity contribution in [1.29, 1.82) is 0 Å². The molecule has 1 rings (SSSR count). The van der Waals surface area contributed by atoms with E-state index in [1.54, 1.807) is 0 Å². The van der Waals surface area contributed by atoms with Gasteiger partial charge in [0.05, 0.1) is 0 Å². The van der Waals surface area contributed by atoms with Gasteiger partial charge in [-0.1, -0.05) is 29.8 Å². The Kier molecular flexibility index (Phi) is 5.08. The molecule has 0 atom stereocenters. The van der Waals surface area contributed by atoms with Gasteiger partial charge in [0.15, 0.2) is 0 Å². The second kappa shape index (κ2) is 4.96. The average Bonchev–Trinajstić information content (AvgIpc) is 1.89. The first kappa shape index (κ1) is 10.2. The quantitative estimate of drug-likeness (QED) is 0.633. The summed E-state index contributed by atoms with van der Waals surface area (Å²) < 4.78 is 0. The Hall–Kier alpha value is 0.236. The predicted molar refractivity (Wildman–Crippen MR) is 47.3 cm³/mol. The van der Waals surface area contributed by atoms with Crippen molar-refractivity contribution >= 4 is 34.7 Å². The summed E-state index contributed by atoms with van der Waals surface area (Å²) in [5.41, 5.74) is 6.37. The molecule has 0 radical (unpaired) electrons. The van der Waals surface area contributed by atoms with E-state index in [0.717, 1.165) is 10.6 Å². The summed E-state index contributed by atoms with van der Waals surface area (Å²) in [4.78, 5) is 0. The SMILES string of the molecule is NCc1ccccc1Cl.[H-].[H-].[Mg+2]. The fourth-order valence-corrected chi connectivity index (χ4v) is 0.877. The fraction of sp³-hybridized carbons (Fsp3) is 0.143. The minimum absolute atomic E-state index is 0. The molecule has 0 aromatic heterocycles. The number of halogens is 1. The Morgan fingerprint density at radius 2 is 2.00 bits per heavy atom. The van der Waals surface area contributed by atoms with Gasteiger partial charge in [0.25, 0.3) is 0 Å². The summed E-state index contributed by atoms with van der Waals surface area (Å²) in [6.07, 6.45) is 0. The van der Waals surface area contributed by atoms with E-state index in [9.17, 15) is 0 Å². The van der Waals surface area contributed by atoms with Crippen LogP contribution in [0, 0.1) is 0 Å². The maximum absolute atomic E-state index is 5.74.